The molecule has 2 aliphatic heterocycles. The molecule has 2 amide bonds. The van der Waals surface area contributed by atoms with Crippen LogP contribution in [0.5, 0.6) is 0 Å². The summed E-state index contributed by atoms with van der Waals surface area (Å²) >= 11 is 0. The van der Waals surface area contributed by atoms with E-state index in [0.29, 0.717) is 6.54 Å². The van der Waals surface area contributed by atoms with Gasteiger partial charge in [-0.05, 0) is 48.2 Å². The molecule has 0 spiro atoms. The molecule has 0 N–H and O–H groups in total. The molecule has 2 unspecified atom stereocenters. The lowest BCUT2D eigenvalue weighted by molar-refractivity contribution is -0.140. The third-order valence-electron chi connectivity index (χ3n) is 7.38. The molecule has 2 bridgehead atoms. The Labute approximate surface area is 165 Å². The quantitative estimate of drug-likeness (QED) is 0.778. The fourth-order valence-corrected chi connectivity index (χ4v) is 6.21. The highest BCUT2D eigenvalue weighted by Gasteiger charge is 2.61. The lowest BCUT2D eigenvalue weighted by Gasteiger charge is -2.45. The van der Waals surface area contributed by atoms with Crippen molar-refractivity contribution in [2.24, 2.45) is 11.8 Å². The van der Waals surface area contributed by atoms with E-state index in [1.165, 1.54) is 35.1 Å². The lowest BCUT2D eigenvalue weighted by atomic mass is 9.55. The van der Waals surface area contributed by atoms with Crippen molar-refractivity contribution < 1.29 is 9.59 Å². The Morgan fingerprint density at radius 1 is 0.679 bits per heavy atom. The van der Waals surface area contributed by atoms with Crippen molar-refractivity contribution in [1.82, 2.24) is 9.80 Å². The van der Waals surface area contributed by atoms with Gasteiger partial charge in [0, 0.05) is 24.9 Å². The topological polar surface area (TPSA) is 40.6 Å². The van der Waals surface area contributed by atoms with E-state index in [-0.39, 0.29) is 35.5 Å². The van der Waals surface area contributed by atoms with E-state index >= 15 is 0 Å². The van der Waals surface area contributed by atoms with E-state index < -0.39 is 0 Å². The molecular weight excluding hydrogens is 348 g/mol. The van der Waals surface area contributed by atoms with Gasteiger partial charge in [-0.2, -0.15) is 0 Å². The van der Waals surface area contributed by atoms with Gasteiger partial charge in [0.15, 0.2) is 0 Å². The van der Waals surface area contributed by atoms with Crippen molar-refractivity contribution in [1.29, 1.82) is 0 Å². The highest BCUT2D eigenvalue weighted by atomic mass is 16.2. The molecule has 2 heterocycles. The SMILES string of the molecule is O=C1C2C3c4ccccc4C(c4ccccc43)C2C(=O)N1CCN1CCCC1. The van der Waals surface area contributed by atoms with Gasteiger partial charge in [0.1, 0.15) is 0 Å². The molecule has 142 valence electrons. The predicted molar refractivity (Wildman–Crippen MR) is 106 cm³/mol. The summed E-state index contributed by atoms with van der Waals surface area (Å²) in [6.07, 6.45) is 2.45. The maximum atomic E-state index is 13.5. The third kappa shape index (κ3) is 2.10. The minimum absolute atomic E-state index is 0.00985. The molecule has 2 aromatic carbocycles. The van der Waals surface area contributed by atoms with Crippen molar-refractivity contribution in [3.63, 3.8) is 0 Å². The molecule has 4 heteroatoms. The van der Waals surface area contributed by atoms with Gasteiger partial charge in [0.05, 0.1) is 11.8 Å². The number of imide groups is 1. The Hall–Kier alpha value is -2.46. The van der Waals surface area contributed by atoms with E-state index in [1.807, 2.05) is 0 Å². The molecule has 28 heavy (non-hydrogen) atoms. The van der Waals surface area contributed by atoms with Crippen LogP contribution in [0.3, 0.4) is 0 Å². The van der Waals surface area contributed by atoms with Crippen molar-refractivity contribution >= 4 is 11.8 Å². The van der Waals surface area contributed by atoms with Crippen molar-refractivity contribution in [3.8, 4) is 0 Å². The maximum absolute atomic E-state index is 13.5. The zero-order chi connectivity index (χ0) is 18.8. The second kappa shape index (κ2) is 6.02. The number of nitrogens with zero attached hydrogens (tertiary/aromatic N) is 2. The van der Waals surface area contributed by atoms with Crippen LogP contribution in [0.1, 0.15) is 46.9 Å². The first-order valence-corrected chi connectivity index (χ1v) is 10.5. The highest BCUT2D eigenvalue weighted by Crippen LogP contribution is 2.60. The Bertz CT molecular complexity index is 863. The average Bonchev–Trinajstić information content (AvgIpc) is 3.34. The fourth-order valence-electron chi connectivity index (χ4n) is 6.21. The number of rotatable bonds is 3. The van der Waals surface area contributed by atoms with Crippen LogP contribution in [0.25, 0.3) is 0 Å². The van der Waals surface area contributed by atoms with Crippen LogP contribution in [-0.4, -0.2) is 47.8 Å². The second-order valence-electron chi connectivity index (χ2n) is 8.64. The lowest BCUT2D eigenvalue weighted by Crippen LogP contribution is -2.41. The largest absolute Gasteiger partial charge is 0.302 e. The van der Waals surface area contributed by atoms with Crippen molar-refractivity contribution in [2.45, 2.75) is 24.7 Å². The van der Waals surface area contributed by atoms with Crippen molar-refractivity contribution in [3.05, 3.63) is 70.8 Å². The molecular formula is C24H24N2O2. The van der Waals surface area contributed by atoms with Crippen LogP contribution in [0.4, 0.5) is 0 Å². The maximum Gasteiger partial charge on any atom is 0.234 e. The fraction of sp³-hybridized carbons (Fsp3) is 0.417. The number of hydrogen-bond acceptors (Lipinski definition) is 3. The normalized spacial score (nSPS) is 30.5. The first kappa shape index (κ1) is 16.5. The van der Waals surface area contributed by atoms with E-state index in [4.69, 9.17) is 0 Å². The van der Waals surface area contributed by atoms with Gasteiger partial charge in [-0.1, -0.05) is 48.5 Å². The van der Waals surface area contributed by atoms with Crippen LogP contribution in [0, 0.1) is 11.8 Å². The summed E-state index contributed by atoms with van der Waals surface area (Å²) in [6, 6.07) is 16.9. The van der Waals surface area contributed by atoms with Crippen LogP contribution in [0.2, 0.25) is 0 Å². The second-order valence-corrected chi connectivity index (χ2v) is 8.64. The zero-order valence-corrected chi connectivity index (χ0v) is 15.9. The zero-order valence-electron chi connectivity index (χ0n) is 15.9. The summed E-state index contributed by atoms with van der Waals surface area (Å²) in [4.78, 5) is 30.9. The molecule has 2 saturated heterocycles. The molecule has 2 atom stereocenters. The summed E-state index contributed by atoms with van der Waals surface area (Å²) < 4.78 is 0. The number of benzene rings is 2. The first-order chi connectivity index (χ1) is 13.8. The number of amides is 2. The smallest absolute Gasteiger partial charge is 0.234 e. The molecule has 0 aromatic heterocycles. The third-order valence-corrected chi connectivity index (χ3v) is 7.38. The molecule has 7 rings (SSSR count). The van der Waals surface area contributed by atoms with Crippen LogP contribution >= 0.6 is 0 Å². The van der Waals surface area contributed by atoms with E-state index in [0.717, 1.165) is 19.6 Å². The van der Waals surface area contributed by atoms with Crippen LogP contribution in [-0.2, 0) is 9.59 Å². The molecule has 2 aromatic rings. The number of carbonyl (C=O) groups is 2. The van der Waals surface area contributed by atoms with Crippen LogP contribution in [0.15, 0.2) is 48.5 Å². The summed E-state index contributed by atoms with van der Waals surface area (Å²) in [7, 11) is 0. The highest BCUT2D eigenvalue weighted by molar-refractivity contribution is 6.07. The monoisotopic (exact) mass is 372 g/mol. The molecule has 2 fully saturated rings. The Morgan fingerprint density at radius 2 is 1.11 bits per heavy atom. The Balaban J connectivity index is 1.41. The minimum atomic E-state index is -0.235. The van der Waals surface area contributed by atoms with Gasteiger partial charge >= 0.3 is 0 Å². The number of hydrogen-bond donors (Lipinski definition) is 0. The molecule has 3 aliphatic carbocycles. The van der Waals surface area contributed by atoms with E-state index in [9.17, 15) is 9.59 Å². The van der Waals surface area contributed by atoms with Crippen molar-refractivity contribution in [2.75, 3.05) is 26.2 Å². The number of likely N-dealkylation sites (tertiary alicyclic amines) is 2. The summed E-state index contributed by atoms with van der Waals surface area (Å²) in [5, 5.41) is 0. The van der Waals surface area contributed by atoms with Gasteiger partial charge in [-0.25, -0.2) is 0 Å². The summed E-state index contributed by atoms with van der Waals surface area (Å²) in [6.45, 7) is 3.53. The molecule has 5 aliphatic rings. The number of carbonyl (C=O) groups excluding carboxylic acids is 2. The summed E-state index contributed by atoms with van der Waals surface area (Å²) in [5.74, 6) is -0.352. The Morgan fingerprint density at radius 3 is 1.54 bits per heavy atom. The molecule has 0 saturated carbocycles. The minimum Gasteiger partial charge on any atom is -0.302 e. The Kier molecular flexibility index (Phi) is 3.54. The van der Waals surface area contributed by atoms with Gasteiger partial charge in [-0.3, -0.25) is 14.5 Å². The van der Waals surface area contributed by atoms with E-state index in [1.54, 1.807) is 4.90 Å². The molecule has 4 nitrogen and oxygen atoms in total. The molecule has 0 radical (unpaired) electrons. The van der Waals surface area contributed by atoms with Gasteiger partial charge in [0.2, 0.25) is 11.8 Å². The first-order valence-electron chi connectivity index (χ1n) is 10.5. The summed E-state index contributed by atoms with van der Waals surface area (Å²) in [5.41, 5.74) is 4.98. The standard InChI is InChI=1S/C24H24N2O2/c27-23-21-19-15-7-1-2-8-16(15)20(18-10-4-3-9-17(18)19)22(21)24(28)26(23)14-13-25-11-5-6-12-25/h1-4,7-10,19-22H,5-6,11-14H2. The van der Waals surface area contributed by atoms with Gasteiger partial charge in [0.25, 0.3) is 0 Å². The van der Waals surface area contributed by atoms with Crippen LogP contribution < -0.4 is 0 Å². The average molecular weight is 372 g/mol. The predicted octanol–water partition coefficient (Wildman–Crippen LogP) is 2.97. The van der Waals surface area contributed by atoms with E-state index in [2.05, 4.69) is 53.4 Å². The van der Waals surface area contributed by atoms with Gasteiger partial charge < -0.3 is 4.90 Å². The van der Waals surface area contributed by atoms with Gasteiger partial charge in [-0.15, -0.1) is 0 Å².